The maximum absolute atomic E-state index is 13.6. The summed E-state index contributed by atoms with van der Waals surface area (Å²) in [5.41, 5.74) is 8.12. The number of hydrogen-bond donors (Lipinski definition) is 2. The minimum Gasteiger partial charge on any atom is -0.335 e. The van der Waals surface area contributed by atoms with Crippen molar-refractivity contribution in [1.29, 1.82) is 0 Å². The number of nitrogens with two attached hydrogens (primary N) is 1. The van der Waals surface area contributed by atoms with Gasteiger partial charge in [-0.2, -0.15) is 0 Å². The van der Waals surface area contributed by atoms with Crippen LogP contribution in [0.2, 0.25) is 0 Å². The molecule has 0 spiro atoms. The van der Waals surface area contributed by atoms with E-state index in [1.165, 1.54) is 30.7 Å². The minimum atomic E-state index is -0.379. The van der Waals surface area contributed by atoms with Gasteiger partial charge in [0.05, 0.1) is 0 Å². The summed E-state index contributed by atoms with van der Waals surface area (Å²) in [7, 11) is 0. The number of nitrogens with one attached hydrogen (secondary N) is 1. The highest BCUT2D eigenvalue weighted by Gasteiger charge is 2.33. The normalized spacial score (nSPS) is 21.4. The van der Waals surface area contributed by atoms with E-state index in [2.05, 4.69) is 10.2 Å². The van der Waals surface area contributed by atoms with Crippen molar-refractivity contribution in [3.63, 3.8) is 0 Å². The molecule has 2 amide bonds. The number of carbonyl (C=O) groups excluding carboxylic acids is 2. The maximum Gasteiger partial charge on any atom is 0.255 e. The number of nitrogens with zero attached hydrogens (tertiary/aromatic N) is 1. The number of rotatable bonds is 6. The molecule has 0 radical (unpaired) electrons. The Morgan fingerprint density at radius 3 is 2.27 bits per heavy atom. The zero-order chi connectivity index (χ0) is 23.2. The lowest BCUT2D eigenvalue weighted by molar-refractivity contribution is -0.140. The van der Waals surface area contributed by atoms with E-state index in [-0.39, 0.29) is 35.6 Å². The zero-order valence-corrected chi connectivity index (χ0v) is 19.1. The van der Waals surface area contributed by atoms with Gasteiger partial charge in [0.15, 0.2) is 0 Å². The van der Waals surface area contributed by atoms with E-state index < -0.39 is 0 Å². The lowest BCUT2D eigenvalue weighted by Crippen LogP contribution is -2.46. The molecule has 0 aromatic heterocycles. The van der Waals surface area contributed by atoms with Crippen LogP contribution >= 0.6 is 0 Å². The third-order valence-corrected chi connectivity index (χ3v) is 7.13. The van der Waals surface area contributed by atoms with Crippen LogP contribution in [0, 0.1) is 11.7 Å². The first kappa shape index (κ1) is 23.4. The highest BCUT2D eigenvalue weighted by atomic mass is 19.1. The van der Waals surface area contributed by atoms with Crippen LogP contribution in [-0.4, -0.2) is 28.8 Å². The molecule has 5 nitrogen and oxygen atoms in total. The van der Waals surface area contributed by atoms with Crippen molar-refractivity contribution in [2.75, 3.05) is 5.32 Å². The molecule has 0 atom stereocenters. The number of amides is 2. The molecule has 2 aromatic rings. The molecule has 0 aliphatic heterocycles. The van der Waals surface area contributed by atoms with Gasteiger partial charge in [-0.25, -0.2) is 4.39 Å². The van der Waals surface area contributed by atoms with Crippen LogP contribution in [0.15, 0.2) is 48.5 Å². The van der Waals surface area contributed by atoms with Crippen molar-refractivity contribution in [2.45, 2.75) is 76.4 Å². The van der Waals surface area contributed by atoms with E-state index in [1.807, 2.05) is 24.3 Å². The molecule has 0 unspecified atom stereocenters. The average Bonchev–Trinajstić information content (AvgIpc) is 2.84. The van der Waals surface area contributed by atoms with Gasteiger partial charge in [0.2, 0.25) is 5.91 Å². The van der Waals surface area contributed by atoms with Gasteiger partial charge in [-0.15, -0.1) is 0 Å². The Bertz CT molecular complexity index is 948. The topological polar surface area (TPSA) is 75.4 Å². The number of anilines is 1. The largest absolute Gasteiger partial charge is 0.335 e. The summed E-state index contributed by atoms with van der Waals surface area (Å²) < 4.78 is 13.2. The Morgan fingerprint density at radius 1 is 0.909 bits per heavy atom. The lowest BCUT2D eigenvalue weighted by Gasteiger charge is -2.39. The molecule has 3 N–H and O–H groups in total. The van der Waals surface area contributed by atoms with Crippen molar-refractivity contribution >= 4 is 17.5 Å². The van der Waals surface area contributed by atoms with E-state index in [9.17, 15) is 14.0 Å². The molecule has 2 aliphatic carbocycles. The number of hydrogen-bond acceptors (Lipinski definition) is 3. The highest BCUT2D eigenvalue weighted by molar-refractivity contribution is 6.04. The van der Waals surface area contributed by atoms with Crippen molar-refractivity contribution in [3.8, 4) is 0 Å². The van der Waals surface area contributed by atoms with Crippen LogP contribution in [0.4, 0.5) is 10.1 Å². The first-order valence-electron chi connectivity index (χ1n) is 12.2. The zero-order valence-electron chi connectivity index (χ0n) is 19.1. The molecular formula is C27H34FN3O2. The quantitative estimate of drug-likeness (QED) is 0.629. The van der Waals surface area contributed by atoms with Gasteiger partial charge < -0.3 is 16.0 Å². The van der Waals surface area contributed by atoms with Crippen LogP contribution in [0.5, 0.6) is 0 Å². The summed E-state index contributed by atoms with van der Waals surface area (Å²) >= 11 is 0. The number of halogens is 1. The standard InChI is InChI=1S/C27H34FN3O2/c28-22-12-10-19(11-13-22)26(32)30-25-9-5-4-8-21(25)18-31(24-16-14-23(29)15-17-24)27(33)20-6-2-1-3-7-20/h4-5,8-13,20,23-24H,1-3,6-7,14-18,29H2,(H,30,32). The molecule has 176 valence electrons. The number of benzene rings is 2. The summed E-state index contributed by atoms with van der Waals surface area (Å²) in [6.07, 6.45) is 9.07. The van der Waals surface area contributed by atoms with Gasteiger partial charge in [0, 0.05) is 35.8 Å². The Balaban J connectivity index is 1.54. The Kier molecular flexibility index (Phi) is 7.76. The fourth-order valence-electron chi connectivity index (χ4n) is 5.14. The van der Waals surface area contributed by atoms with E-state index >= 15 is 0 Å². The van der Waals surface area contributed by atoms with Gasteiger partial charge in [0.1, 0.15) is 5.82 Å². The maximum atomic E-state index is 13.6. The van der Waals surface area contributed by atoms with Crippen molar-refractivity contribution < 1.29 is 14.0 Å². The Labute approximate surface area is 195 Å². The number of para-hydroxylation sites is 1. The molecule has 4 rings (SSSR count). The predicted molar refractivity (Wildman–Crippen MR) is 128 cm³/mol. The van der Waals surface area contributed by atoms with Crippen molar-refractivity contribution in [2.24, 2.45) is 11.7 Å². The predicted octanol–water partition coefficient (Wildman–Crippen LogP) is 5.26. The van der Waals surface area contributed by atoms with Gasteiger partial charge in [-0.3, -0.25) is 9.59 Å². The fraction of sp³-hybridized carbons (Fsp3) is 0.481. The summed E-state index contributed by atoms with van der Waals surface area (Å²) in [6.45, 7) is 0.467. The van der Waals surface area contributed by atoms with Crippen LogP contribution < -0.4 is 11.1 Å². The summed E-state index contributed by atoms with van der Waals surface area (Å²) in [6, 6.07) is 13.5. The van der Waals surface area contributed by atoms with E-state index in [1.54, 1.807) is 0 Å². The molecule has 0 heterocycles. The average molecular weight is 452 g/mol. The van der Waals surface area contributed by atoms with Gasteiger partial charge in [0.25, 0.3) is 5.91 Å². The van der Waals surface area contributed by atoms with E-state index in [0.717, 1.165) is 56.9 Å². The first-order valence-corrected chi connectivity index (χ1v) is 12.2. The second-order valence-corrected chi connectivity index (χ2v) is 9.49. The molecular weight excluding hydrogens is 417 g/mol. The van der Waals surface area contributed by atoms with E-state index in [0.29, 0.717) is 17.8 Å². The third kappa shape index (κ3) is 5.99. The fourth-order valence-corrected chi connectivity index (χ4v) is 5.14. The van der Waals surface area contributed by atoms with Gasteiger partial charge in [-0.1, -0.05) is 37.5 Å². The van der Waals surface area contributed by atoms with Crippen molar-refractivity contribution in [3.05, 3.63) is 65.5 Å². The number of carbonyl (C=O) groups is 2. The molecule has 0 saturated heterocycles. The van der Waals surface area contributed by atoms with Crippen LogP contribution in [0.3, 0.4) is 0 Å². The molecule has 2 aliphatic rings. The molecule has 2 aromatic carbocycles. The summed E-state index contributed by atoms with van der Waals surface area (Å²) in [5.74, 6) is -0.336. The molecule has 2 saturated carbocycles. The molecule has 6 heteroatoms. The Hall–Kier alpha value is -2.73. The molecule has 2 fully saturated rings. The second kappa shape index (κ2) is 10.9. The van der Waals surface area contributed by atoms with Crippen LogP contribution in [-0.2, 0) is 11.3 Å². The van der Waals surface area contributed by atoms with Crippen LogP contribution in [0.1, 0.15) is 73.7 Å². The first-order chi connectivity index (χ1) is 16.0. The second-order valence-electron chi connectivity index (χ2n) is 9.49. The van der Waals surface area contributed by atoms with Gasteiger partial charge >= 0.3 is 0 Å². The van der Waals surface area contributed by atoms with E-state index in [4.69, 9.17) is 5.73 Å². The highest BCUT2D eigenvalue weighted by Crippen LogP contribution is 2.31. The monoisotopic (exact) mass is 451 g/mol. The minimum absolute atomic E-state index is 0.0929. The smallest absolute Gasteiger partial charge is 0.255 e. The third-order valence-electron chi connectivity index (χ3n) is 7.13. The SMILES string of the molecule is NC1CCC(N(Cc2ccccc2NC(=O)c2ccc(F)cc2)C(=O)C2CCCCC2)CC1. The molecule has 33 heavy (non-hydrogen) atoms. The molecule has 0 bridgehead atoms. The summed E-state index contributed by atoms with van der Waals surface area (Å²) in [4.78, 5) is 28.5. The van der Waals surface area contributed by atoms with Gasteiger partial charge in [-0.05, 0) is 74.4 Å². The van der Waals surface area contributed by atoms with Crippen LogP contribution in [0.25, 0.3) is 0 Å². The lowest BCUT2D eigenvalue weighted by atomic mass is 9.85. The Morgan fingerprint density at radius 2 is 1.58 bits per heavy atom. The summed E-state index contributed by atoms with van der Waals surface area (Å²) in [5, 5.41) is 2.96. The van der Waals surface area contributed by atoms with Crippen molar-refractivity contribution in [1.82, 2.24) is 4.90 Å².